The van der Waals surface area contributed by atoms with E-state index in [0.29, 0.717) is 51.1 Å². The lowest BCUT2D eigenvalue weighted by Gasteiger charge is -2.32. The van der Waals surface area contributed by atoms with Crippen molar-refractivity contribution in [2.75, 3.05) is 39.5 Å². The fourth-order valence-electron chi connectivity index (χ4n) is 7.23. The minimum atomic E-state index is -1.27. The van der Waals surface area contributed by atoms with Crippen molar-refractivity contribution in [3.05, 3.63) is 101 Å². The summed E-state index contributed by atoms with van der Waals surface area (Å²) >= 11 is 0. The van der Waals surface area contributed by atoms with Gasteiger partial charge in [0.1, 0.15) is 23.4 Å². The number of para-hydroxylation sites is 1. The van der Waals surface area contributed by atoms with Gasteiger partial charge in [-0.05, 0) is 48.1 Å². The number of rotatable bonds is 7. The van der Waals surface area contributed by atoms with E-state index in [1.54, 1.807) is 24.3 Å². The van der Waals surface area contributed by atoms with E-state index in [0.717, 1.165) is 36.3 Å². The van der Waals surface area contributed by atoms with Crippen molar-refractivity contribution in [1.82, 2.24) is 31.5 Å². The molecule has 2 heterocycles. The van der Waals surface area contributed by atoms with Crippen LogP contribution in [0.3, 0.4) is 0 Å². The zero-order chi connectivity index (χ0) is 37.8. The standard InChI is InChI=1S/C41H50N6O7/c48-36-26-34(39(51)43-27-30-12-8-13-31(24-30)28-47-19-22-53-23-20-47)44-37(49)32-14-4-5-15-35(32)54-21-9-18-42-38(50)33(25-29-10-2-1-3-11-29)45-40(52)41(46-36)16-6-7-17-41/h1-5,8,10-15,24,33-34H,6-7,9,16-23,25-28H2,(H,42,50)(H,43,51)(H,44,49)(H,45,52)(H,46,48)/t33-,34-/m0/s1. The average Bonchev–Trinajstić information content (AvgIpc) is 3.66. The number of benzene rings is 3. The van der Waals surface area contributed by atoms with Crippen LogP contribution in [0.15, 0.2) is 78.9 Å². The fraction of sp³-hybridized carbons (Fsp3) is 0.439. The van der Waals surface area contributed by atoms with Crippen molar-refractivity contribution in [2.24, 2.45) is 0 Å². The van der Waals surface area contributed by atoms with Crippen LogP contribution in [0.2, 0.25) is 0 Å². The first-order chi connectivity index (χ1) is 26.3. The van der Waals surface area contributed by atoms with Crippen LogP contribution in [0.1, 0.15) is 65.6 Å². The molecular weight excluding hydrogens is 688 g/mol. The number of nitrogens with one attached hydrogen (secondary N) is 5. The van der Waals surface area contributed by atoms with Crippen molar-refractivity contribution in [2.45, 2.75) is 75.7 Å². The van der Waals surface area contributed by atoms with Crippen LogP contribution in [0, 0.1) is 0 Å². The Kier molecular flexibility index (Phi) is 13.3. The van der Waals surface area contributed by atoms with Crippen molar-refractivity contribution in [1.29, 1.82) is 0 Å². The van der Waals surface area contributed by atoms with Gasteiger partial charge in [0.05, 0.1) is 31.8 Å². The second kappa shape index (κ2) is 18.7. The summed E-state index contributed by atoms with van der Waals surface area (Å²) in [4.78, 5) is 71.3. The highest BCUT2D eigenvalue weighted by Gasteiger charge is 2.44. The van der Waals surface area contributed by atoms with Gasteiger partial charge in [-0.1, -0.05) is 79.6 Å². The normalized spacial score (nSPS) is 21.6. The lowest BCUT2D eigenvalue weighted by molar-refractivity contribution is -0.136. The number of ether oxygens (including phenoxy) is 2. The quantitative estimate of drug-likeness (QED) is 0.247. The third kappa shape index (κ3) is 10.4. The number of morpholine rings is 1. The number of carbonyl (C=O) groups is 5. The van der Waals surface area contributed by atoms with E-state index in [1.807, 2.05) is 54.6 Å². The Labute approximate surface area is 315 Å². The third-order valence-electron chi connectivity index (χ3n) is 10.2. The Balaban J connectivity index is 1.22. The van der Waals surface area contributed by atoms with Crippen LogP contribution in [-0.4, -0.2) is 91.5 Å². The van der Waals surface area contributed by atoms with Gasteiger partial charge in [0.15, 0.2) is 0 Å². The van der Waals surface area contributed by atoms with Crippen LogP contribution in [-0.2, 0) is 43.4 Å². The second-order valence-corrected chi connectivity index (χ2v) is 14.2. The Morgan fingerprint density at radius 3 is 2.33 bits per heavy atom. The van der Waals surface area contributed by atoms with Gasteiger partial charge in [0.25, 0.3) is 5.91 Å². The van der Waals surface area contributed by atoms with Gasteiger partial charge < -0.3 is 36.1 Å². The van der Waals surface area contributed by atoms with Crippen molar-refractivity contribution >= 4 is 29.5 Å². The van der Waals surface area contributed by atoms with Crippen LogP contribution in [0.4, 0.5) is 0 Å². The molecule has 0 aromatic heterocycles. The molecule has 0 radical (unpaired) electrons. The van der Waals surface area contributed by atoms with Gasteiger partial charge in [-0.15, -0.1) is 0 Å². The Hall–Kier alpha value is -5.27. The Bertz CT molecular complexity index is 1770. The molecule has 3 aromatic carbocycles. The third-order valence-corrected chi connectivity index (χ3v) is 10.2. The highest BCUT2D eigenvalue weighted by atomic mass is 16.5. The van der Waals surface area contributed by atoms with Crippen LogP contribution < -0.4 is 31.3 Å². The molecule has 13 heteroatoms. The Morgan fingerprint density at radius 1 is 0.815 bits per heavy atom. The van der Waals surface area contributed by atoms with Crippen LogP contribution >= 0.6 is 0 Å². The number of hydrogen-bond acceptors (Lipinski definition) is 8. The molecule has 286 valence electrons. The zero-order valence-corrected chi connectivity index (χ0v) is 30.6. The summed E-state index contributed by atoms with van der Waals surface area (Å²) in [5.74, 6) is -2.20. The zero-order valence-electron chi connectivity index (χ0n) is 30.6. The predicted molar refractivity (Wildman–Crippen MR) is 201 cm³/mol. The van der Waals surface area contributed by atoms with E-state index in [2.05, 4.69) is 31.5 Å². The van der Waals surface area contributed by atoms with E-state index in [9.17, 15) is 24.0 Å². The topological polar surface area (TPSA) is 167 Å². The van der Waals surface area contributed by atoms with Gasteiger partial charge in [0.2, 0.25) is 23.6 Å². The largest absolute Gasteiger partial charge is 0.493 e. The first-order valence-corrected chi connectivity index (χ1v) is 18.9. The summed E-state index contributed by atoms with van der Waals surface area (Å²) in [6, 6.07) is 21.9. The minimum Gasteiger partial charge on any atom is -0.493 e. The number of amides is 5. The molecule has 2 aliphatic heterocycles. The molecule has 13 nitrogen and oxygen atoms in total. The molecule has 0 bridgehead atoms. The molecule has 1 spiro atoms. The lowest BCUT2D eigenvalue weighted by atomic mass is 9.94. The van der Waals surface area contributed by atoms with Crippen LogP contribution in [0.5, 0.6) is 5.75 Å². The minimum absolute atomic E-state index is 0.181. The first-order valence-electron chi connectivity index (χ1n) is 18.9. The molecule has 3 aliphatic rings. The second-order valence-electron chi connectivity index (χ2n) is 14.2. The van der Waals surface area contributed by atoms with E-state index >= 15 is 0 Å². The van der Waals surface area contributed by atoms with Gasteiger partial charge in [0, 0.05) is 39.1 Å². The summed E-state index contributed by atoms with van der Waals surface area (Å²) < 4.78 is 11.4. The summed E-state index contributed by atoms with van der Waals surface area (Å²) in [5.41, 5.74) is 1.78. The van der Waals surface area contributed by atoms with Crippen molar-refractivity contribution in [3.8, 4) is 5.75 Å². The molecule has 1 saturated heterocycles. The van der Waals surface area contributed by atoms with Crippen LogP contribution in [0.25, 0.3) is 0 Å². The molecule has 1 aliphatic carbocycles. The average molecular weight is 739 g/mol. The number of carbonyl (C=O) groups excluding carboxylic acids is 5. The van der Waals surface area contributed by atoms with E-state index in [-0.39, 0.29) is 37.6 Å². The SMILES string of the molecule is O=C1C[C@@H](C(=O)NCc2cccc(CN3CCOCC3)c2)NC(=O)c2ccccc2OCCCNC(=O)[C@H](Cc2ccccc2)NC(=O)C2(CCCC2)N1. The predicted octanol–water partition coefficient (Wildman–Crippen LogP) is 2.38. The summed E-state index contributed by atoms with van der Waals surface area (Å²) in [5, 5.41) is 14.5. The maximum atomic E-state index is 14.1. The molecule has 2 atom stereocenters. The van der Waals surface area contributed by atoms with E-state index < -0.39 is 47.7 Å². The maximum absolute atomic E-state index is 14.1. The van der Waals surface area contributed by atoms with Gasteiger partial charge in [-0.2, -0.15) is 0 Å². The van der Waals surface area contributed by atoms with Gasteiger partial charge in [-0.3, -0.25) is 28.9 Å². The summed E-state index contributed by atoms with van der Waals surface area (Å²) in [6.45, 7) is 4.51. The summed E-state index contributed by atoms with van der Waals surface area (Å²) in [6.07, 6.45) is 2.43. The molecule has 5 N–H and O–H groups in total. The molecule has 2 fully saturated rings. The fourth-order valence-corrected chi connectivity index (χ4v) is 7.23. The number of fused-ring (bicyclic) bond motifs is 1. The van der Waals surface area contributed by atoms with E-state index in [1.165, 1.54) is 0 Å². The van der Waals surface area contributed by atoms with Crippen molar-refractivity contribution in [3.63, 3.8) is 0 Å². The first kappa shape index (κ1) is 38.5. The van der Waals surface area contributed by atoms with Crippen molar-refractivity contribution < 1.29 is 33.4 Å². The molecule has 3 aromatic rings. The highest BCUT2D eigenvalue weighted by molar-refractivity contribution is 6.01. The van der Waals surface area contributed by atoms with E-state index in [4.69, 9.17) is 9.47 Å². The van der Waals surface area contributed by atoms with Gasteiger partial charge >= 0.3 is 0 Å². The molecule has 0 unspecified atom stereocenters. The smallest absolute Gasteiger partial charge is 0.255 e. The molecular formula is C41H50N6O7. The molecule has 54 heavy (non-hydrogen) atoms. The highest BCUT2D eigenvalue weighted by Crippen LogP contribution is 2.30. The maximum Gasteiger partial charge on any atom is 0.255 e. The molecule has 6 rings (SSSR count). The van der Waals surface area contributed by atoms with Gasteiger partial charge in [-0.25, -0.2) is 0 Å². The molecule has 1 saturated carbocycles. The number of nitrogens with zero attached hydrogens (tertiary/aromatic N) is 1. The summed E-state index contributed by atoms with van der Waals surface area (Å²) in [7, 11) is 0. The molecule has 5 amide bonds. The lowest BCUT2D eigenvalue weighted by Crippen LogP contribution is -2.62. The monoisotopic (exact) mass is 738 g/mol. The number of hydrogen-bond donors (Lipinski definition) is 5. The Morgan fingerprint density at radius 2 is 1.54 bits per heavy atom.